The summed E-state index contributed by atoms with van der Waals surface area (Å²) >= 11 is 6.10. The molecule has 7 nitrogen and oxygen atoms in total. The highest BCUT2D eigenvalue weighted by atomic mass is 35.5. The van der Waals surface area contributed by atoms with Crippen LogP contribution in [0.4, 0.5) is 18.9 Å². The Morgan fingerprint density at radius 2 is 1.97 bits per heavy atom. The van der Waals surface area contributed by atoms with Gasteiger partial charge in [-0.15, -0.1) is 0 Å². The van der Waals surface area contributed by atoms with Crippen LogP contribution in [0.3, 0.4) is 0 Å². The molecule has 0 radical (unpaired) electrons. The van der Waals surface area contributed by atoms with Gasteiger partial charge in [0, 0.05) is 47.5 Å². The minimum atomic E-state index is -4.56. The fourth-order valence-electron chi connectivity index (χ4n) is 4.52. The summed E-state index contributed by atoms with van der Waals surface area (Å²) in [6, 6.07) is 5.74. The van der Waals surface area contributed by atoms with Crippen molar-refractivity contribution in [2.45, 2.75) is 50.0 Å². The van der Waals surface area contributed by atoms with Crippen molar-refractivity contribution in [2.75, 3.05) is 18.4 Å². The van der Waals surface area contributed by atoms with Crippen molar-refractivity contribution in [1.29, 1.82) is 0 Å². The SMILES string of the molecule is O=C(N[C@@H]1CCC[C@H](Nc2cc(C(F)(F)F)nc3ccc(Cl)cc23)C1)c1cnn(C2CNC2)c1. The summed E-state index contributed by atoms with van der Waals surface area (Å²) in [5.41, 5.74) is 0.115. The second-order valence-electron chi connectivity index (χ2n) is 8.91. The van der Waals surface area contributed by atoms with Gasteiger partial charge in [0.2, 0.25) is 0 Å². The van der Waals surface area contributed by atoms with Crippen molar-refractivity contribution in [3.63, 3.8) is 0 Å². The molecule has 3 N–H and O–H groups in total. The number of anilines is 1. The van der Waals surface area contributed by atoms with Crippen LogP contribution in [-0.4, -0.2) is 45.8 Å². The zero-order valence-electron chi connectivity index (χ0n) is 18.2. The molecule has 2 aromatic heterocycles. The van der Waals surface area contributed by atoms with Crippen LogP contribution in [0.25, 0.3) is 10.9 Å². The van der Waals surface area contributed by atoms with Crippen LogP contribution in [0.1, 0.15) is 47.8 Å². The summed E-state index contributed by atoms with van der Waals surface area (Å²) in [7, 11) is 0. The van der Waals surface area contributed by atoms with Crippen molar-refractivity contribution in [3.8, 4) is 0 Å². The number of carbonyl (C=O) groups excluding carboxylic acids is 1. The number of benzene rings is 1. The van der Waals surface area contributed by atoms with Gasteiger partial charge in [0.05, 0.1) is 23.3 Å². The Balaban J connectivity index is 1.30. The zero-order chi connectivity index (χ0) is 23.9. The topological polar surface area (TPSA) is 83.9 Å². The number of aromatic nitrogens is 3. The smallest absolute Gasteiger partial charge is 0.382 e. The standard InChI is InChI=1S/C23H24ClF3N6O/c24-14-4-5-19-18(6-14)20(8-21(32-19)23(25,26)27)30-15-2-1-3-16(7-15)31-22(34)13-9-29-33(12-13)17-10-28-11-17/h4-6,8-9,12,15-17,28H,1-3,7,10-11H2,(H,30,32)(H,31,34)/t15-,16+/m0/s1. The maximum Gasteiger partial charge on any atom is 0.433 e. The monoisotopic (exact) mass is 492 g/mol. The number of nitrogens with one attached hydrogen (secondary N) is 3. The molecule has 1 aliphatic heterocycles. The van der Waals surface area contributed by atoms with E-state index in [-0.39, 0.29) is 29.5 Å². The molecular weight excluding hydrogens is 469 g/mol. The van der Waals surface area contributed by atoms with Gasteiger partial charge in [0.1, 0.15) is 5.69 Å². The van der Waals surface area contributed by atoms with E-state index in [4.69, 9.17) is 11.6 Å². The Bertz CT molecular complexity index is 1210. The minimum absolute atomic E-state index is 0.0914. The van der Waals surface area contributed by atoms with Gasteiger partial charge in [-0.3, -0.25) is 9.48 Å². The van der Waals surface area contributed by atoms with Gasteiger partial charge >= 0.3 is 6.18 Å². The molecule has 0 bridgehead atoms. The highest BCUT2D eigenvalue weighted by molar-refractivity contribution is 6.31. The molecule has 1 amide bonds. The number of halogens is 4. The van der Waals surface area contributed by atoms with Crippen molar-refractivity contribution in [3.05, 3.63) is 52.9 Å². The van der Waals surface area contributed by atoms with Crippen molar-refractivity contribution in [2.24, 2.45) is 0 Å². The average Bonchev–Trinajstić information content (AvgIpc) is 3.22. The molecule has 0 spiro atoms. The lowest BCUT2D eigenvalue weighted by molar-refractivity contribution is -0.140. The second kappa shape index (κ2) is 9.07. The van der Waals surface area contributed by atoms with Crippen LogP contribution < -0.4 is 16.0 Å². The Labute approximate surface area is 199 Å². The number of pyridine rings is 1. The Kier molecular flexibility index (Phi) is 6.11. The van der Waals surface area contributed by atoms with Gasteiger partial charge in [-0.2, -0.15) is 18.3 Å². The van der Waals surface area contributed by atoms with E-state index < -0.39 is 11.9 Å². The van der Waals surface area contributed by atoms with Crippen molar-refractivity contribution >= 4 is 34.1 Å². The van der Waals surface area contributed by atoms with Crippen molar-refractivity contribution in [1.82, 2.24) is 25.4 Å². The van der Waals surface area contributed by atoms with Crippen LogP contribution >= 0.6 is 11.6 Å². The number of fused-ring (bicyclic) bond motifs is 1. The highest BCUT2D eigenvalue weighted by Crippen LogP contribution is 2.35. The molecule has 2 fully saturated rings. The quantitative estimate of drug-likeness (QED) is 0.491. The van der Waals surface area contributed by atoms with Gasteiger partial charge in [-0.25, -0.2) is 4.98 Å². The van der Waals surface area contributed by atoms with E-state index in [0.717, 1.165) is 38.4 Å². The molecular formula is C23H24ClF3N6O. The van der Waals surface area contributed by atoms with E-state index in [0.29, 0.717) is 28.1 Å². The molecule has 1 aliphatic carbocycles. The minimum Gasteiger partial charge on any atom is -0.382 e. The maximum atomic E-state index is 13.4. The predicted molar refractivity (Wildman–Crippen MR) is 123 cm³/mol. The number of alkyl halides is 3. The van der Waals surface area contributed by atoms with E-state index in [2.05, 4.69) is 26.0 Å². The fourth-order valence-corrected chi connectivity index (χ4v) is 4.69. The molecule has 11 heteroatoms. The van der Waals surface area contributed by atoms with Crippen LogP contribution in [0, 0.1) is 0 Å². The van der Waals surface area contributed by atoms with Gasteiger partial charge in [0.15, 0.2) is 0 Å². The normalized spacial score (nSPS) is 21.3. The zero-order valence-corrected chi connectivity index (χ0v) is 19.0. The van der Waals surface area contributed by atoms with Gasteiger partial charge < -0.3 is 16.0 Å². The van der Waals surface area contributed by atoms with E-state index in [9.17, 15) is 18.0 Å². The second-order valence-corrected chi connectivity index (χ2v) is 9.35. The van der Waals surface area contributed by atoms with Crippen LogP contribution in [-0.2, 0) is 6.18 Å². The van der Waals surface area contributed by atoms with Crippen LogP contribution in [0.15, 0.2) is 36.7 Å². The fraction of sp³-hybridized carbons (Fsp3) is 0.435. The van der Waals surface area contributed by atoms with Crippen LogP contribution in [0.5, 0.6) is 0 Å². The van der Waals surface area contributed by atoms with E-state index in [1.54, 1.807) is 23.1 Å². The highest BCUT2D eigenvalue weighted by Gasteiger charge is 2.34. The molecule has 1 saturated heterocycles. The molecule has 5 rings (SSSR count). The summed E-state index contributed by atoms with van der Waals surface area (Å²) in [5, 5.41) is 14.7. The molecule has 1 aromatic carbocycles. The lowest BCUT2D eigenvalue weighted by atomic mass is 9.90. The summed E-state index contributed by atoms with van der Waals surface area (Å²) in [5.74, 6) is -0.190. The summed E-state index contributed by atoms with van der Waals surface area (Å²) in [6.45, 7) is 1.67. The number of carbonyl (C=O) groups is 1. The molecule has 34 heavy (non-hydrogen) atoms. The lowest BCUT2D eigenvalue weighted by Crippen LogP contribution is -2.43. The largest absolute Gasteiger partial charge is 0.433 e. The number of nitrogens with zero attached hydrogens (tertiary/aromatic N) is 3. The Morgan fingerprint density at radius 1 is 1.18 bits per heavy atom. The molecule has 3 aromatic rings. The summed E-state index contributed by atoms with van der Waals surface area (Å²) < 4.78 is 42.1. The first-order valence-corrected chi connectivity index (χ1v) is 11.6. The number of amides is 1. The number of hydrogen-bond donors (Lipinski definition) is 3. The molecule has 2 aliphatic rings. The van der Waals surface area contributed by atoms with E-state index in [1.165, 1.54) is 12.1 Å². The molecule has 1 saturated carbocycles. The first-order chi connectivity index (χ1) is 16.3. The summed E-state index contributed by atoms with van der Waals surface area (Å²) in [4.78, 5) is 16.5. The molecule has 180 valence electrons. The Morgan fingerprint density at radius 3 is 2.71 bits per heavy atom. The van der Waals surface area contributed by atoms with Gasteiger partial charge in [0.25, 0.3) is 5.91 Å². The molecule has 2 atom stereocenters. The molecule has 0 unspecified atom stereocenters. The first kappa shape index (κ1) is 22.9. The maximum absolute atomic E-state index is 13.4. The average molecular weight is 493 g/mol. The predicted octanol–water partition coefficient (Wildman–Crippen LogP) is 4.40. The third-order valence-corrected chi connectivity index (χ3v) is 6.66. The van der Waals surface area contributed by atoms with Gasteiger partial charge in [-0.05, 0) is 49.9 Å². The van der Waals surface area contributed by atoms with Crippen molar-refractivity contribution < 1.29 is 18.0 Å². The number of rotatable bonds is 5. The molecule has 3 heterocycles. The van der Waals surface area contributed by atoms with Crippen LogP contribution in [0.2, 0.25) is 5.02 Å². The van der Waals surface area contributed by atoms with E-state index in [1.807, 2.05) is 0 Å². The summed E-state index contributed by atoms with van der Waals surface area (Å²) in [6.07, 6.45) is 1.78. The lowest BCUT2D eigenvalue weighted by Gasteiger charge is -2.31. The van der Waals surface area contributed by atoms with E-state index >= 15 is 0 Å². The third-order valence-electron chi connectivity index (χ3n) is 6.43. The first-order valence-electron chi connectivity index (χ1n) is 11.3. The number of hydrogen-bond acceptors (Lipinski definition) is 5. The van der Waals surface area contributed by atoms with Gasteiger partial charge in [-0.1, -0.05) is 11.6 Å². The Hall–Kier alpha value is -2.85. The third kappa shape index (κ3) is 4.83.